The molecule has 0 saturated heterocycles. The molecule has 0 amide bonds. The van der Waals surface area contributed by atoms with E-state index in [1.807, 2.05) is 37.3 Å². The molecular formula is C15H19N5. The molecule has 5 heteroatoms. The first-order chi connectivity index (χ1) is 9.61. The maximum Gasteiger partial charge on any atom is 0.143 e. The first kappa shape index (κ1) is 14.0. The van der Waals surface area contributed by atoms with Gasteiger partial charge in [0.15, 0.2) is 0 Å². The minimum Gasteiger partial charge on any atom is -0.382 e. The molecule has 0 aliphatic heterocycles. The van der Waals surface area contributed by atoms with Gasteiger partial charge in [-0.25, -0.2) is 0 Å². The lowest BCUT2D eigenvalue weighted by atomic mass is 10.2. The Balaban J connectivity index is 2.31. The fourth-order valence-electron chi connectivity index (χ4n) is 2.11. The van der Waals surface area contributed by atoms with Crippen LogP contribution in [0.2, 0.25) is 0 Å². The van der Waals surface area contributed by atoms with E-state index in [1.165, 1.54) is 0 Å². The van der Waals surface area contributed by atoms with E-state index in [2.05, 4.69) is 21.8 Å². The number of amidine groups is 1. The van der Waals surface area contributed by atoms with Gasteiger partial charge >= 0.3 is 0 Å². The van der Waals surface area contributed by atoms with Gasteiger partial charge in [0.2, 0.25) is 0 Å². The number of hydrogen-bond acceptors (Lipinski definition) is 4. The van der Waals surface area contributed by atoms with Crippen LogP contribution in [0.5, 0.6) is 0 Å². The molecule has 2 heterocycles. The Morgan fingerprint density at radius 2 is 2.10 bits per heavy atom. The molecule has 0 fully saturated rings. The van der Waals surface area contributed by atoms with Crippen LogP contribution in [0, 0.1) is 12.3 Å². The van der Waals surface area contributed by atoms with E-state index in [-0.39, 0.29) is 5.84 Å². The van der Waals surface area contributed by atoms with Gasteiger partial charge in [-0.2, -0.15) is 0 Å². The Hall–Kier alpha value is -2.43. The molecule has 5 nitrogen and oxygen atoms in total. The normalized spacial score (nSPS) is 10.3. The number of nitrogens with one attached hydrogen (secondary N) is 1. The van der Waals surface area contributed by atoms with Crippen molar-refractivity contribution in [2.45, 2.75) is 20.4 Å². The fraction of sp³-hybridized carbons (Fsp3) is 0.267. The molecule has 2 aromatic heterocycles. The van der Waals surface area contributed by atoms with Crippen molar-refractivity contribution < 1.29 is 0 Å². The summed E-state index contributed by atoms with van der Waals surface area (Å²) in [5.41, 5.74) is 8.97. The zero-order valence-corrected chi connectivity index (χ0v) is 11.8. The van der Waals surface area contributed by atoms with Gasteiger partial charge in [0.25, 0.3) is 0 Å². The molecule has 0 aliphatic rings. The van der Waals surface area contributed by atoms with Gasteiger partial charge in [0.1, 0.15) is 11.5 Å². The minimum absolute atomic E-state index is 0.0174. The molecule has 2 aromatic rings. The van der Waals surface area contributed by atoms with E-state index >= 15 is 0 Å². The summed E-state index contributed by atoms with van der Waals surface area (Å²) in [4.78, 5) is 10.8. The number of aryl methyl sites for hydroxylation is 1. The summed E-state index contributed by atoms with van der Waals surface area (Å²) < 4.78 is 0. The standard InChI is InChI=1S/C15H19N5/c1-3-20(10-12-7-4-6-11(2)19-12)13-8-5-9-18-14(13)15(16)17/h4-9H,3,10H2,1-2H3,(H3,16,17). The second-order valence-electron chi connectivity index (χ2n) is 4.57. The van der Waals surface area contributed by atoms with Crippen molar-refractivity contribution in [3.8, 4) is 0 Å². The number of nitrogen functional groups attached to an aromatic ring is 1. The van der Waals surface area contributed by atoms with E-state index in [4.69, 9.17) is 11.1 Å². The Morgan fingerprint density at radius 1 is 1.30 bits per heavy atom. The summed E-state index contributed by atoms with van der Waals surface area (Å²) in [6.45, 7) is 5.50. The van der Waals surface area contributed by atoms with Crippen molar-refractivity contribution in [2.75, 3.05) is 11.4 Å². The van der Waals surface area contributed by atoms with E-state index < -0.39 is 0 Å². The molecule has 0 aromatic carbocycles. The SMILES string of the molecule is CCN(Cc1cccc(C)n1)c1cccnc1C(=N)N. The van der Waals surface area contributed by atoms with Crippen LogP contribution in [0.25, 0.3) is 0 Å². The number of nitrogens with zero attached hydrogens (tertiary/aromatic N) is 3. The molecule has 2 rings (SSSR count). The highest BCUT2D eigenvalue weighted by Crippen LogP contribution is 2.19. The number of anilines is 1. The van der Waals surface area contributed by atoms with Crippen molar-refractivity contribution in [3.05, 3.63) is 53.6 Å². The second-order valence-corrected chi connectivity index (χ2v) is 4.57. The van der Waals surface area contributed by atoms with Gasteiger partial charge in [-0.15, -0.1) is 0 Å². The summed E-state index contributed by atoms with van der Waals surface area (Å²) >= 11 is 0. The highest BCUT2D eigenvalue weighted by Gasteiger charge is 2.13. The quantitative estimate of drug-likeness (QED) is 0.643. The third-order valence-corrected chi connectivity index (χ3v) is 3.06. The Labute approximate surface area is 119 Å². The third-order valence-electron chi connectivity index (χ3n) is 3.06. The van der Waals surface area contributed by atoms with Crippen LogP contribution in [0.4, 0.5) is 5.69 Å². The van der Waals surface area contributed by atoms with Gasteiger partial charge in [-0.05, 0) is 38.1 Å². The van der Waals surface area contributed by atoms with Crippen molar-refractivity contribution in [2.24, 2.45) is 5.73 Å². The first-order valence-electron chi connectivity index (χ1n) is 6.58. The molecule has 0 spiro atoms. The predicted octanol–water partition coefficient (Wildman–Crippen LogP) is 2.10. The van der Waals surface area contributed by atoms with Gasteiger partial charge < -0.3 is 10.6 Å². The Bertz CT molecular complexity index is 609. The number of hydrogen-bond donors (Lipinski definition) is 2. The highest BCUT2D eigenvalue weighted by molar-refractivity contribution is 5.98. The van der Waals surface area contributed by atoms with Crippen LogP contribution in [-0.2, 0) is 6.54 Å². The molecule has 20 heavy (non-hydrogen) atoms. The zero-order chi connectivity index (χ0) is 14.5. The van der Waals surface area contributed by atoms with Gasteiger partial charge in [-0.3, -0.25) is 15.4 Å². The van der Waals surface area contributed by atoms with Crippen molar-refractivity contribution in [1.29, 1.82) is 5.41 Å². The molecule has 0 radical (unpaired) electrons. The number of pyridine rings is 2. The molecule has 0 atom stereocenters. The van der Waals surface area contributed by atoms with Crippen LogP contribution >= 0.6 is 0 Å². The molecule has 104 valence electrons. The number of nitrogens with two attached hydrogens (primary N) is 1. The number of rotatable bonds is 5. The molecular weight excluding hydrogens is 250 g/mol. The van der Waals surface area contributed by atoms with Crippen LogP contribution in [0.1, 0.15) is 24.0 Å². The monoisotopic (exact) mass is 269 g/mol. The smallest absolute Gasteiger partial charge is 0.143 e. The fourth-order valence-corrected chi connectivity index (χ4v) is 2.11. The molecule has 0 bridgehead atoms. The van der Waals surface area contributed by atoms with Crippen LogP contribution in [0.15, 0.2) is 36.5 Å². The van der Waals surface area contributed by atoms with Crippen LogP contribution in [0.3, 0.4) is 0 Å². The lowest BCUT2D eigenvalue weighted by Gasteiger charge is -2.24. The Morgan fingerprint density at radius 3 is 2.75 bits per heavy atom. The molecule has 3 N–H and O–H groups in total. The third kappa shape index (κ3) is 3.12. The van der Waals surface area contributed by atoms with E-state index in [0.717, 1.165) is 23.6 Å². The topological polar surface area (TPSA) is 78.9 Å². The van der Waals surface area contributed by atoms with E-state index in [0.29, 0.717) is 12.2 Å². The maximum atomic E-state index is 7.63. The lowest BCUT2D eigenvalue weighted by molar-refractivity contribution is 0.801. The average Bonchev–Trinajstić information content (AvgIpc) is 2.45. The minimum atomic E-state index is -0.0174. The van der Waals surface area contributed by atoms with Gasteiger partial charge in [0, 0.05) is 18.4 Å². The van der Waals surface area contributed by atoms with Crippen LogP contribution < -0.4 is 10.6 Å². The van der Waals surface area contributed by atoms with Gasteiger partial charge in [0.05, 0.1) is 17.9 Å². The summed E-state index contributed by atoms with van der Waals surface area (Å²) in [6.07, 6.45) is 1.65. The van der Waals surface area contributed by atoms with Crippen molar-refractivity contribution in [1.82, 2.24) is 9.97 Å². The Kier molecular flexibility index (Phi) is 4.30. The summed E-state index contributed by atoms with van der Waals surface area (Å²) in [5.74, 6) is -0.0174. The molecule has 0 saturated carbocycles. The number of aromatic nitrogens is 2. The maximum absolute atomic E-state index is 7.63. The largest absolute Gasteiger partial charge is 0.382 e. The molecule has 0 unspecified atom stereocenters. The van der Waals surface area contributed by atoms with E-state index in [9.17, 15) is 0 Å². The zero-order valence-electron chi connectivity index (χ0n) is 11.8. The van der Waals surface area contributed by atoms with Crippen molar-refractivity contribution >= 4 is 11.5 Å². The van der Waals surface area contributed by atoms with Crippen LogP contribution in [-0.4, -0.2) is 22.3 Å². The highest BCUT2D eigenvalue weighted by atomic mass is 15.1. The van der Waals surface area contributed by atoms with Gasteiger partial charge in [-0.1, -0.05) is 6.07 Å². The van der Waals surface area contributed by atoms with E-state index in [1.54, 1.807) is 6.20 Å². The second kappa shape index (κ2) is 6.14. The summed E-state index contributed by atoms with van der Waals surface area (Å²) in [5, 5.41) is 7.63. The summed E-state index contributed by atoms with van der Waals surface area (Å²) in [7, 11) is 0. The predicted molar refractivity (Wildman–Crippen MR) is 81.0 cm³/mol. The average molecular weight is 269 g/mol. The molecule has 0 aliphatic carbocycles. The first-order valence-corrected chi connectivity index (χ1v) is 6.58. The lowest BCUT2D eigenvalue weighted by Crippen LogP contribution is -2.27. The summed E-state index contributed by atoms with van der Waals surface area (Å²) in [6, 6.07) is 9.77. The van der Waals surface area contributed by atoms with Crippen molar-refractivity contribution in [3.63, 3.8) is 0 Å².